The molecule has 3 nitrogen and oxygen atoms in total. The first-order valence-electron chi connectivity index (χ1n) is 3.35. The second-order valence-corrected chi connectivity index (χ2v) is 3.89. The molecule has 0 radical (unpaired) electrons. The molecule has 0 aliphatic carbocycles. The number of halogens is 2. The second-order valence-electron chi connectivity index (χ2n) is 2.53. The average Bonchev–Trinajstić information content (AvgIpc) is 1.94. The molecule has 0 aromatic heterocycles. The largest absolute Gasteiger partial charge is 0.398 e. The van der Waals surface area contributed by atoms with Gasteiger partial charge in [0.2, 0.25) is 0 Å². The van der Waals surface area contributed by atoms with Gasteiger partial charge in [-0.3, -0.25) is 0 Å². The van der Waals surface area contributed by atoms with Crippen LogP contribution in [0, 0.1) is 5.82 Å². The Bertz CT molecular complexity index is 417. The van der Waals surface area contributed by atoms with E-state index in [1.807, 2.05) is 0 Å². The highest BCUT2D eigenvalue weighted by Crippen LogP contribution is 2.16. The maximum atomic E-state index is 12.5. The van der Waals surface area contributed by atoms with Crippen molar-refractivity contribution in [2.24, 2.45) is 0 Å². The van der Waals surface area contributed by atoms with E-state index in [2.05, 4.69) is 0 Å². The van der Waals surface area contributed by atoms with Crippen LogP contribution in [0.25, 0.3) is 0 Å². The van der Waals surface area contributed by atoms with Crippen molar-refractivity contribution in [2.45, 2.75) is 5.75 Å². The third kappa shape index (κ3) is 2.98. The zero-order chi connectivity index (χ0) is 10.1. The third-order valence-electron chi connectivity index (χ3n) is 1.43. The summed E-state index contributed by atoms with van der Waals surface area (Å²) in [5.41, 5.74) is 5.29. The molecule has 0 spiro atoms. The monoisotopic (exact) mass is 207 g/mol. The van der Waals surface area contributed by atoms with Gasteiger partial charge in [0.25, 0.3) is 0 Å². The van der Waals surface area contributed by atoms with Crippen LogP contribution in [0.1, 0.15) is 5.56 Å². The molecule has 13 heavy (non-hydrogen) atoms. The maximum Gasteiger partial charge on any atom is 0.306 e. The first-order chi connectivity index (χ1) is 5.88. The van der Waals surface area contributed by atoms with Crippen molar-refractivity contribution in [3.63, 3.8) is 0 Å². The van der Waals surface area contributed by atoms with Crippen LogP contribution in [0.15, 0.2) is 18.2 Å². The summed E-state index contributed by atoms with van der Waals surface area (Å²) in [6, 6.07) is 3.16. The summed E-state index contributed by atoms with van der Waals surface area (Å²) in [7, 11) is -4.66. The van der Waals surface area contributed by atoms with Gasteiger partial charge in [0, 0.05) is 5.69 Å². The molecule has 0 amide bonds. The zero-order valence-corrected chi connectivity index (χ0v) is 7.31. The quantitative estimate of drug-likeness (QED) is 0.585. The highest BCUT2D eigenvalue weighted by molar-refractivity contribution is 7.85. The fourth-order valence-electron chi connectivity index (χ4n) is 0.885. The molecule has 0 unspecified atom stereocenters. The van der Waals surface area contributed by atoms with E-state index in [1.54, 1.807) is 0 Å². The van der Waals surface area contributed by atoms with Gasteiger partial charge < -0.3 is 5.73 Å². The van der Waals surface area contributed by atoms with Gasteiger partial charge in [0.05, 0.1) is 0 Å². The Morgan fingerprint density at radius 2 is 2.00 bits per heavy atom. The van der Waals surface area contributed by atoms with Crippen LogP contribution in [-0.2, 0) is 16.0 Å². The highest BCUT2D eigenvalue weighted by Gasteiger charge is 2.11. The van der Waals surface area contributed by atoms with Crippen molar-refractivity contribution in [2.75, 3.05) is 5.73 Å². The Morgan fingerprint density at radius 1 is 1.38 bits per heavy atom. The molecule has 0 fully saturated rings. The van der Waals surface area contributed by atoms with Crippen LogP contribution < -0.4 is 5.73 Å². The molecule has 0 saturated carbocycles. The van der Waals surface area contributed by atoms with Gasteiger partial charge in [-0.1, -0.05) is 0 Å². The minimum atomic E-state index is -4.66. The Hall–Kier alpha value is -1.17. The van der Waals surface area contributed by atoms with Crippen LogP contribution >= 0.6 is 0 Å². The fraction of sp³-hybridized carbons (Fsp3) is 0.143. The lowest BCUT2D eigenvalue weighted by atomic mass is 10.2. The Labute approximate surface area is 74.4 Å². The lowest BCUT2D eigenvalue weighted by Gasteiger charge is -2.01. The SMILES string of the molecule is Nc1ccc(F)cc1CS(=O)(=O)F. The van der Waals surface area contributed by atoms with Crippen molar-refractivity contribution < 1.29 is 16.7 Å². The molecule has 6 heteroatoms. The smallest absolute Gasteiger partial charge is 0.306 e. The van der Waals surface area contributed by atoms with Gasteiger partial charge in [-0.25, -0.2) is 4.39 Å². The van der Waals surface area contributed by atoms with E-state index in [0.717, 1.165) is 12.1 Å². The standard InChI is InChI=1S/C7H7F2NO2S/c8-6-1-2-7(10)5(3-6)4-13(9,11)12/h1-3H,4,10H2. The second kappa shape index (κ2) is 3.29. The molecular formula is C7H7F2NO2S. The molecule has 2 N–H and O–H groups in total. The number of nitrogen functional groups attached to an aromatic ring is 1. The van der Waals surface area contributed by atoms with Crippen LogP contribution in [0.4, 0.5) is 14.0 Å². The summed E-state index contributed by atoms with van der Waals surface area (Å²) in [4.78, 5) is 0. The molecule has 1 aromatic carbocycles. The molecule has 72 valence electrons. The van der Waals surface area contributed by atoms with E-state index in [1.165, 1.54) is 6.07 Å². The van der Waals surface area contributed by atoms with Crippen LogP contribution in [0.3, 0.4) is 0 Å². The van der Waals surface area contributed by atoms with E-state index in [9.17, 15) is 16.7 Å². The number of anilines is 1. The number of rotatable bonds is 2. The molecular weight excluding hydrogens is 200 g/mol. The van der Waals surface area contributed by atoms with Crippen molar-refractivity contribution in [1.82, 2.24) is 0 Å². The van der Waals surface area contributed by atoms with E-state index < -0.39 is 21.8 Å². The molecule has 0 aliphatic rings. The Kier molecular flexibility index (Phi) is 2.51. The minimum Gasteiger partial charge on any atom is -0.398 e. The predicted molar refractivity (Wildman–Crippen MR) is 44.5 cm³/mol. The molecule has 0 atom stereocenters. The van der Waals surface area contributed by atoms with E-state index in [-0.39, 0.29) is 11.3 Å². The predicted octanol–water partition coefficient (Wildman–Crippen LogP) is 1.21. The van der Waals surface area contributed by atoms with Crippen LogP contribution in [-0.4, -0.2) is 8.42 Å². The topological polar surface area (TPSA) is 60.2 Å². The first kappa shape index (κ1) is 9.91. The van der Waals surface area contributed by atoms with E-state index in [0.29, 0.717) is 0 Å². The van der Waals surface area contributed by atoms with Gasteiger partial charge in [-0.15, -0.1) is 3.89 Å². The van der Waals surface area contributed by atoms with Crippen molar-refractivity contribution in [1.29, 1.82) is 0 Å². The molecule has 1 aromatic rings. The summed E-state index contributed by atoms with van der Waals surface area (Å²) in [5.74, 6) is -1.54. The Morgan fingerprint density at radius 3 is 2.54 bits per heavy atom. The van der Waals surface area contributed by atoms with Gasteiger partial charge in [0.1, 0.15) is 11.6 Å². The van der Waals surface area contributed by atoms with Crippen LogP contribution in [0.5, 0.6) is 0 Å². The fourth-order valence-corrected chi connectivity index (χ4v) is 1.51. The summed E-state index contributed by atoms with van der Waals surface area (Å²) >= 11 is 0. The van der Waals surface area contributed by atoms with E-state index in [4.69, 9.17) is 5.73 Å². The third-order valence-corrected chi connectivity index (χ3v) is 2.09. The first-order valence-corrected chi connectivity index (χ1v) is 4.90. The molecule has 0 aliphatic heterocycles. The number of hydrogen-bond donors (Lipinski definition) is 1. The number of nitrogens with two attached hydrogens (primary N) is 1. The minimum absolute atomic E-state index is 0.0580. The summed E-state index contributed by atoms with van der Waals surface area (Å²) in [6.45, 7) is 0. The van der Waals surface area contributed by atoms with Crippen molar-refractivity contribution in [3.8, 4) is 0 Å². The molecule has 0 heterocycles. The summed E-state index contributed by atoms with van der Waals surface area (Å²) < 4.78 is 45.2. The summed E-state index contributed by atoms with van der Waals surface area (Å²) in [5, 5.41) is 0. The van der Waals surface area contributed by atoms with Gasteiger partial charge in [-0.05, 0) is 23.8 Å². The van der Waals surface area contributed by atoms with Gasteiger partial charge >= 0.3 is 10.2 Å². The average molecular weight is 207 g/mol. The maximum absolute atomic E-state index is 12.5. The van der Waals surface area contributed by atoms with E-state index >= 15 is 0 Å². The zero-order valence-electron chi connectivity index (χ0n) is 6.50. The highest BCUT2D eigenvalue weighted by atomic mass is 32.3. The summed E-state index contributed by atoms with van der Waals surface area (Å²) in [6.07, 6.45) is 0. The van der Waals surface area contributed by atoms with Gasteiger partial charge in [-0.2, -0.15) is 8.42 Å². The molecule has 0 bridgehead atoms. The lowest BCUT2D eigenvalue weighted by Crippen LogP contribution is -2.01. The number of hydrogen-bond acceptors (Lipinski definition) is 3. The Balaban J connectivity index is 3.08. The number of benzene rings is 1. The van der Waals surface area contributed by atoms with Gasteiger partial charge in [0.15, 0.2) is 0 Å². The normalized spacial score (nSPS) is 11.5. The van der Waals surface area contributed by atoms with Crippen molar-refractivity contribution in [3.05, 3.63) is 29.6 Å². The lowest BCUT2D eigenvalue weighted by molar-refractivity contribution is 0.551. The molecule has 1 rings (SSSR count). The molecule has 0 saturated heterocycles. The van der Waals surface area contributed by atoms with Crippen LogP contribution in [0.2, 0.25) is 0 Å². The van der Waals surface area contributed by atoms with Crippen molar-refractivity contribution >= 4 is 15.9 Å².